The zero-order valence-corrected chi connectivity index (χ0v) is 11.1. The van der Waals surface area contributed by atoms with Crippen LogP contribution in [0.15, 0.2) is 18.5 Å². The molecule has 5 heteroatoms. The molecule has 0 radical (unpaired) electrons. The summed E-state index contributed by atoms with van der Waals surface area (Å²) in [5, 5.41) is 11.4. The fraction of sp³-hybridized carbons (Fsp3) is 0.615. The van der Waals surface area contributed by atoms with E-state index in [9.17, 15) is 0 Å². The van der Waals surface area contributed by atoms with E-state index in [2.05, 4.69) is 34.1 Å². The molecule has 0 amide bonds. The summed E-state index contributed by atoms with van der Waals surface area (Å²) in [6.07, 6.45) is 7.85. The summed E-state index contributed by atoms with van der Waals surface area (Å²) < 4.78 is 1.94. The minimum atomic E-state index is 0.701. The van der Waals surface area contributed by atoms with Crippen molar-refractivity contribution in [3.8, 4) is 0 Å². The van der Waals surface area contributed by atoms with Crippen LogP contribution in [0.5, 0.6) is 0 Å². The number of rotatable bonds is 7. The number of nitrogens with zero attached hydrogens (tertiary/aromatic N) is 4. The van der Waals surface area contributed by atoms with E-state index in [4.69, 9.17) is 0 Å². The first-order chi connectivity index (χ1) is 8.74. The Hall–Kier alpha value is -1.65. The summed E-state index contributed by atoms with van der Waals surface area (Å²) in [4.78, 5) is 4.50. The molecule has 0 aliphatic heterocycles. The zero-order valence-electron chi connectivity index (χ0n) is 11.1. The van der Waals surface area contributed by atoms with E-state index in [1.54, 1.807) is 6.20 Å². The van der Waals surface area contributed by atoms with Gasteiger partial charge in [-0.1, -0.05) is 13.8 Å². The number of nitrogens with one attached hydrogen (secondary N) is 1. The standard InChI is InChI=1S/C13H21N5/c1-11(2)6-7-13-15-12(16-17-13)5-3-9-18-10-4-8-14-18/h4,8,10-11H,3,5-7,9H2,1-2H3,(H,15,16,17). The highest BCUT2D eigenvalue weighted by Crippen LogP contribution is 2.06. The van der Waals surface area contributed by atoms with E-state index >= 15 is 0 Å². The van der Waals surface area contributed by atoms with E-state index in [0.717, 1.165) is 43.9 Å². The second-order valence-corrected chi connectivity index (χ2v) is 5.00. The maximum Gasteiger partial charge on any atom is 0.150 e. The fourth-order valence-electron chi connectivity index (χ4n) is 1.82. The third-order valence-corrected chi connectivity index (χ3v) is 2.88. The van der Waals surface area contributed by atoms with Gasteiger partial charge in [-0.2, -0.15) is 10.2 Å². The summed E-state index contributed by atoms with van der Waals surface area (Å²) in [6, 6.07) is 1.94. The topological polar surface area (TPSA) is 59.4 Å². The number of aromatic amines is 1. The molecule has 0 bridgehead atoms. The van der Waals surface area contributed by atoms with Crippen LogP contribution in [0.1, 0.15) is 38.3 Å². The predicted molar refractivity (Wildman–Crippen MR) is 70.1 cm³/mol. The highest BCUT2D eigenvalue weighted by atomic mass is 15.3. The van der Waals surface area contributed by atoms with Gasteiger partial charge >= 0.3 is 0 Å². The van der Waals surface area contributed by atoms with Crippen molar-refractivity contribution >= 4 is 0 Å². The quantitative estimate of drug-likeness (QED) is 0.816. The molecule has 2 heterocycles. The van der Waals surface area contributed by atoms with Gasteiger partial charge in [0.05, 0.1) is 0 Å². The van der Waals surface area contributed by atoms with Crippen LogP contribution >= 0.6 is 0 Å². The molecule has 0 aromatic carbocycles. The Balaban J connectivity index is 1.73. The van der Waals surface area contributed by atoms with Crippen LogP contribution < -0.4 is 0 Å². The third kappa shape index (κ3) is 3.98. The molecule has 0 atom stereocenters. The molecule has 2 aromatic heterocycles. The second-order valence-electron chi connectivity index (χ2n) is 5.00. The van der Waals surface area contributed by atoms with Gasteiger partial charge in [-0.05, 0) is 24.8 Å². The number of hydrogen-bond acceptors (Lipinski definition) is 3. The highest BCUT2D eigenvalue weighted by molar-refractivity contribution is 4.91. The van der Waals surface area contributed by atoms with Gasteiger partial charge in [0, 0.05) is 31.8 Å². The monoisotopic (exact) mass is 247 g/mol. The van der Waals surface area contributed by atoms with Gasteiger partial charge in [0.2, 0.25) is 0 Å². The van der Waals surface area contributed by atoms with Gasteiger partial charge in [0.15, 0.2) is 5.82 Å². The fourth-order valence-corrected chi connectivity index (χ4v) is 1.82. The lowest BCUT2D eigenvalue weighted by atomic mass is 10.1. The smallest absolute Gasteiger partial charge is 0.150 e. The minimum absolute atomic E-state index is 0.701. The number of H-pyrrole nitrogens is 1. The lowest BCUT2D eigenvalue weighted by Gasteiger charge is -2.00. The first-order valence-electron chi connectivity index (χ1n) is 6.61. The number of aryl methyl sites for hydroxylation is 3. The maximum absolute atomic E-state index is 4.50. The molecule has 0 aliphatic rings. The summed E-state index contributed by atoms with van der Waals surface area (Å²) in [5.74, 6) is 2.63. The Morgan fingerprint density at radius 3 is 2.94 bits per heavy atom. The van der Waals surface area contributed by atoms with Crippen LogP contribution in [-0.4, -0.2) is 25.0 Å². The van der Waals surface area contributed by atoms with Crippen LogP contribution in [0.3, 0.4) is 0 Å². The van der Waals surface area contributed by atoms with Crippen molar-refractivity contribution in [3.63, 3.8) is 0 Å². The molecule has 0 saturated heterocycles. The van der Waals surface area contributed by atoms with Gasteiger partial charge in [-0.25, -0.2) is 4.98 Å². The normalized spacial score (nSPS) is 11.3. The number of hydrogen-bond donors (Lipinski definition) is 1. The van der Waals surface area contributed by atoms with Gasteiger partial charge in [0.1, 0.15) is 5.82 Å². The van der Waals surface area contributed by atoms with E-state index in [1.807, 2.05) is 16.9 Å². The van der Waals surface area contributed by atoms with Crippen LogP contribution in [0, 0.1) is 5.92 Å². The summed E-state index contributed by atoms with van der Waals surface area (Å²) >= 11 is 0. The Morgan fingerprint density at radius 2 is 2.22 bits per heavy atom. The third-order valence-electron chi connectivity index (χ3n) is 2.88. The lowest BCUT2D eigenvalue weighted by Crippen LogP contribution is -2.00. The van der Waals surface area contributed by atoms with Crippen molar-refractivity contribution in [1.82, 2.24) is 25.0 Å². The van der Waals surface area contributed by atoms with Crippen LogP contribution in [0.2, 0.25) is 0 Å². The molecule has 0 fully saturated rings. The Morgan fingerprint density at radius 1 is 1.33 bits per heavy atom. The average molecular weight is 247 g/mol. The first kappa shape index (κ1) is 12.8. The van der Waals surface area contributed by atoms with E-state index < -0.39 is 0 Å². The minimum Gasteiger partial charge on any atom is -0.273 e. The van der Waals surface area contributed by atoms with Gasteiger partial charge in [-0.3, -0.25) is 9.78 Å². The molecule has 5 nitrogen and oxygen atoms in total. The molecule has 1 N–H and O–H groups in total. The van der Waals surface area contributed by atoms with Crippen LogP contribution in [-0.2, 0) is 19.4 Å². The van der Waals surface area contributed by atoms with Crippen LogP contribution in [0.25, 0.3) is 0 Å². The van der Waals surface area contributed by atoms with Gasteiger partial charge in [0.25, 0.3) is 0 Å². The molecule has 0 spiro atoms. The Bertz CT molecular complexity index is 444. The Kier molecular flexibility index (Phi) is 4.50. The van der Waals surface area contributed by atoms with Gasteiger partial charge in [-0.15, -0.1) is 0 Å². The van der Waals surface area contributed by atoms with Gasteiger partial charge < -0.3 is 0 Å². The van der Waals surface area contributed by atoms with Crippen molar-refractivity contribution < 1.29 is 0 Å². The average Bonchev–Trinajstić information content (AvgIpc) is 2.97. The molecule has 18 heavy (non-hydrogen) atoms. The van der Waals surface area contributed by atoms with Crippen LogP contribution in [0.4, 0.5) is 0 Å². The molecule has 98 valence electrons. The predicted octanol–water partition coefficient (Wildman–Crippen LogP) is 2.22. The Labute approximate surface area is 108 Å². The largest absolute Gasteiger partial charge is 0.273 e. The summed E-state index contributed by atoms with van der Waals surface area (Å²) in [7, 11) is 0. The van der Waals surface area contributed by atoms with E-state index in [0.29, 0.717) is 5.92 Å². The zero-order chi connectivity index (χ0) is 12.8. The molecular formula is C13H21N5. The van der Waals surface area contributed by atoms with Crippen molar-refractivity contribution in [3.05, 3.63) is 30.1 Å². The molecule has 2 rings (SSSR count). The van der Waals surface area contributed by atoms with Crippen molar-refractivity contribution in [1.29, 1.82) is 0 Å². The molecule has 0 saturated carbocycles. The summed E-state index contributed by atoms with van der Waals surface area (Å²) in [5.41, 5.74) is 0. The van der Waals surface area contributed by atoms with E-state index in [1.165, 1.54) is 0 Å². The summed E-state index contributed by atoms with van der Waals surface area (Å²) in [6.45, 7) is 5.37. The molecule has 2 aromatic rings. The van der Waals surface area contributed by atoms with E-state index in [-0.39, 0.29) is 0 Å². The second kappa shape index (κ2) is 6.33. The first-order valence-corrected chi connectivity index (χ1v) is 6.61. The van der Waals surface area contributed by atoms with Crippen molar-refractivity contribution in [2.45, 2.75) is 46.1 Å². The maximum atomic E-state index is 4.50. The molecule has 0 unspecified atom stereocenters. The lowest BCUT2D eigenvalue weighted by molar-refractivity contribution is 0.569. The highest BCUT2D eigenvalue weighted by Gasteiger charge is 2.04. The molecular weight excluding hydrogens is 226 g/mol. The van der Waals surface area contributed by atoms with Crippen molar-refractivity contribution in [2.24, 2.45) is 5.92 Å². The van der Waals surface area contributed by atoms with Crippen molar-refractivity contribution in [2.75, 3.05) is 0 Å². The SMILES string of the molecule is CC(C)CCc1n[nH]c(CCCn2cccn2)n1. The molecule has 0 aliphatic carbocycles. The number of aromatic nitrogens is 5.